The number of carbonyl (C=O) groups is 3. The van der Waals surface area contributed by atoms with Gasteiger partial charge in [0.05, 0.1) is 11.1 Å². The number of aromatic carboxylic acids is 1. The smallest absolute Gasteiger partial charge is 0.355 e. The number of ether oxygens (including phenoxy) is 2. The fraction of sp³-hybridized carbons (Fsp3) is 0.0556. The molecule has 0 radical (unpaired) electrons. The lowest BCUT2D eigenvalue weighted by Gasteiger charge is -2.16. The molecule has 2 aromatic rings. The Morgan fingerprint density at radius 1 is 1.19 bits per heavy atom. The molecule has 2 N–H and O–H groups in total. The average molecular weight is 392 g/mol. The Kier molecular flexibility index (Phi) is 5.09. The van der Waals surface area contributed by atoms with E-state index in [2.05, 4.69) is 5.32 Å². The summed E-state index contributed by atoms with van der Waals surface area (Å²) in [6, 6.07) is 10.8. The van der Waals surface area contributed by atoms with Crippen molar-refractivity contribution in [3.05, 3.63) is 76.2 Å². The van der Waals surface area contributed by atoms with Crippen LogP contribution in [0, 0.1) is 5.82 Å². The van der Waals surface area contributed by atoms with Gasteiger partial charge in [0.2, 0.25) is 0 Å². The van der Waals surface area contributed by atoms with Gasteiger partial charge in [0.15, 0.2) is 5.03 Å². The second-order valence-electron chi connectivity index (χ2n) is 5.36. The molecule has 0 amide bonds. The van der Waals surface area contributed by atoms with Gasteiger partial charge in [-0.25, -0.2) is 18.8 Å². The van der Waals surface area contributed by atoms with Gasteiger partial charge in [0.1, 0.15) is 11.5 Å². The molecule has 0 unspecified atom stereocenters. The van der Waals surface area contributed by atoms with Crippen LogP contribution in [0.1, 0.15) is 20.7 Å². The Morgan fingerprint density at radius 2 is 1.93 bits per heavy atom. The average Bonchev–Trinajstić information content (AvgIpc) is 2.89. The van der Waals surface area contributed by atoms with E-state index in [1.165, 1.54) is 42.5 Å². The van der Waals surface area contributed by atoms with Gasteiger partial charge in [0.25, 0.3) is 6.29 Å². The fourth-order valence-corrected chi connectivity index (χ4v) is 2.47. The Balaban J connectivity index is 1.83. The number of nitrogens with one attached hydrogen (secondary N) is 1. The molecule has 7 nitrogen and oxygen atoms in total. The van der Waals surface area contributed by atoms with Crippen LogP contribution in [0.5, 0.6) is 0 Å². The van der Waals surface area contributed by atoms with Crippen molar-refractivity contribution < 1.29 is 33.4 Å². The predicted molar refractivity (Wildman–Crippen MR) is 91.6 cm³/mol. The molecule has 2 aromatic carbocycles. The van der Waals surface area contributed by atoms with Crippen LogP contribution in [0.25, 0.3) is 0 Å². The number of anilines is 1. The SMILES string of the molecule is O=C1O[C@@H](OC(=O)c2ccccc2F)C(Nc2cccc(C(=O)O)c2)=C1Cl. The quantitative estimate of drug-likeness (QED) is 0.755. The van der Waals surface area contributed by atoms with Gasteiger partial charge in [-0.1, -0.05) is 29.8 Å². The molecule has 0 saturated heterocycles. The Hall–Kier alpha value is -3.39. The summed E-state index contributed by atoms with van der Waals surface area (Å²) in [6.07, 6.45) is -1.54. The van der Waals surface area contributed by atoms with E-state index in [1.807, 2.05) is 0 Å². The molecule has 27 heavy (non-hydrogen) atoms. The third-order valence-corrected chi connectivity index (χ3v) is 3.92. The van der Waals surface area contributed by atoms with Gasteiger partial charge < -0.3 is 19.9 Å². The molecule has 1 heterocycles. The zero-order valence-electron chi connectivity index (χ0n) is 13.4. The van der Waals surface area contributed by atoms with Gasteiger partial charge in [-0.2, -0.15) is 0 Å². The van der Waals surface area contributed by atoms with Gasteiger partial charge in [-0.15, -0.1) is 0 Å². The summed E-state index contributed by atoms with van der Waals surface area (Å²) in [5.74, 6) is -3.96. The predicted octanol–water partition coefficient (Wildman–Crippen LogP) is 3.13. The van der Waals surface area contributed by atoms with Crippen molar-refractivity contribution in [3.8, 4) is 0 Å². The number of carbonyl (C=O) groups excluding carboxylic acids is 2. The maximum Gasteiger partial charge on any atom is 0.355 e. The Bertz CT molecular complexity index is 974. The lowest BCUT2D eigenvalue weighted by atomic mass is 10.2. The highest BCUT2D eigenvalue weighted by molar-refractivity contribution is 6.42. The van der Waals surface area contributed by atoms with Crippen LogP contribution in [-0.2, 0) is 14.3 Å². The van der Waals surface area contributed by atoms with Crippen molar-refractivity contribution in [1.82, 2.24) is 0 Å². The van der Waals surface area contributed by atoms with E-state index in [0.29, 0.717) is 0 Å². The first-order chi connectivity index (χ1) is 12.9. The van der Waals surface area contributed by atoms with E-state index in [1.54, 1.807) is 0 Å². The van der Waals surface area contributed by atoms with Gasteiger partial charge >= 0.3 is 17.9 Å². The summed E-state index contributed by atoms with van der Waals surface area (Å²) in [4.78, 5) is 34.9. The van der Waals surface area contributed by atoms with Crippen LogP contribution in [-0.4, -0.2) is 29.3 Å². The van der Waals surface area contributed by atoms with Crippen molar-refractivity contribution in [2.24, 2.45) is 0 Å². The number of halogens is 2. The molecule has 9 heteroatoms. The summed E-state index contributed by atoms with van der Waals surface area (Å²) >= 11 is 5.90. The van der Waals surface area contributed by atoms with Crippen LogP contribution in [0.15, 0.2) is 59.3 Å². The maximum absolute atomic E-state index is 13.7. The third-order valence-electron chi connectivity index (χ3n) is 3.56. The van der Waals surface area contributed by atoms with E-state index in [0.717, 1.165) is 6.07 Å². The highest BCUT2D eigenvalue weighted by atomic mass is 35.5. The van der Waals surface area contributed by atoms with Gasteiger partial charge in [0, 0.05) is 5.69 Å². The number of carboxylic acid groups (broad SMARTS) is 1. The van der Waals surface area contributed by atoms with Crippen molar-refractivity contribution in [1.29, 1.82) is 0 Å². The maximum atomic E-state index is 13.7. The van der Waals surface area contributed by atoms with E-state index in [9.17, 15) is 18.8 Å². The molecule has 1 atom stereocenters. The standard InChI is InChI=1S/C18H11ClFNO6/c19-13-14(21-10-5-3-4-9(8-10)15(22)23)18(27-17(13)25)26-16(24)11-6-1-2-7-12(11)20/h1-8,18,21H,(H,22,23)/t18-/m1/s1. The molecule has 1 aliphatic heterocycles. The molecule has 0 bridgehead atoms. The van der Waals surface area contributed by atoms with E-state index in [4.69, 9.17) is 26.2 Å². The minimum Gasteiger partial charge on any atom is -0.478 e. The monoisotopic (exact) mass is 391 g/mol. The van der Waals surface area contributed by atoms with Crippen LogP contribution in [0.2, 0.25) is 0 Å². The van der Waals surface area contributed by atoms with Crippen LogP contribution < -0.4 is 5.32 Å². The molecule has 3 rings (SSSR count). The molecule has 0 spiro atoms. The number of benzene rings is 2. The zero-order chi connectivity index (χ0) is 19.6. The minimum absolute atomic E-state index is 0.0122. The topological polar surface area (TPSA) is 102 Å². The van der Waals surface area contributed by atoms with E-state index in [-0.39, 0.29) is 27.5 Å². The fourth-order valence-electron chi connectivity index (χ4n) is 2.29. The van der Waals surface area contributed by atoms with Crippen molar-refractivity contribution >= 4 is 35.2 Å². The van der Waals surface area contributed by atoms with Crippen molar-refractivity contribution in [3.63, 3.8) is 0 Å². The molecular formula is C18H11ClFNO6. The Morgan fingerprint density at radius 3 is 2.63 bits per heavy atom. The van der Waals surface area contributed by atoms with Crippen molar-refractivity contribution in [2.75, 3.05) is 5.32 Å². The summed E-state index contributed by atoms with van der Waals surface area (Å²) < 4.78 is 23.6. The number of hydrogen-bond acceptors (Lipinski definition) is 6. The highest BCUT2D eigenvalue weighted by Gasteiger charge is 2.37. The number of carboxylic acids is 1. The summed E-state index contributed by atoms with van der Waals surface area (Å²) in [5.41, 5.74) is -0.187. The molecule has 0 aliphatic carbocycles. The first-order valence-corrected chi connectivity index (χ1v) is 7.91. The first-order valence-electron chi connectivity index (χ1n) is 7.53. The molecule has 0 fully saturated rings. The summed E-state index contributed by atoms with van der Waals surface area (Å²) in [7, 11) is 0. The lowest BCUT2D eigenvalue weighted by molar-refractivity contribution is -0.152. The van der Waals surface area contributed by atoms with Crippen LogP contribution in [0.3, 0.4) is 0 Å². The van der Waals surface area contributed by atoms with Crippen LogP contribution in [0.4, 0.5) is 10.1 Å². The van der Waals surface area contributed by atoms with E-state index >= 15 is 0 Å². The first kappa shape index (κ1) is 18.4. The Labute approximate surface area is 157 Å². The molecular weight excluding hydrogens is 381 g/mol. The summed E-state index contributed by atoms with van der Waals surface area (Å²) in [5, 5.41) is 11.4. The number of cyclic esters (lactones) is 1. The molecule has 138 valence electrons. The zero-order valence-corrected chi connectivity index (χ0v) is 14.2. The second-order valence-corrected chi connectivity index (χ2v) is 5.74. The number of esters is 2. The largest absolute Gasteiger partial charge is 0.478 e. The third kappa shape index (κ3) is 3.90. The molecule has 1 aliphatic rings. The van der Waals surface area contributed by atoms with Crippen LogP contribution >= 0.6 is 11.6 Å². The summed E-state index contributed by atoms with van der Waals surface area (Å²) in [6.45, 7) is 0. The normalized spacial score (nSPS) is 16.1. The lowest BCUT2D eigenvalue weighted by Crippen LogP contribution is -2.24. The van der Waals surface area contributed by atoms with Crippen molar-refractivity contribution in [2.45, 2.75) is 6.29 Å². The molecule has 0 saturated carbocycles. The highest BCUT2D eigenvalue weighted by Crippen LogP contribution is 2.29. The minimum atomic E-state index is -1.54. The number of rotatable bonds is 5. The van der Waals surface area contributed by atoms with Gasteiger partial charge in [-0.3, -0.25) is 0 Å². The molecule has 0 aromatic heterocycles. The van der Waals surface area contributed by atoms with E-state index < -0.39 is 30.0 Å². The number of hydrogen-bond donors (Lipinski definition) is 2. The van der Waals surface area contributed by atoms with Gasteiger partial charge in [-0.05, 0) is 30.3 Å². The second kappa shape index (κ2) is 7.46.